The monoisotopic (exact) mass is 391 g/mol. The van der Waals surface area contributed by atoms with Crippen molar-refractivity contribution >= 4 is 40.5 Å². The SMILES string of the molecule is CC(C)N(CCOc1cc(Cl)cc(Cl)c1)C(=S)N(C)CCN(C)C. The van der Waals surface area contributed by atoms with Gasteiger partial charge in [0.2, 0.25) is 0 Å². The van der Waals surface area contributed by atoms with E-state index in [2.05, 4.69) is 42.6 Å². The molecule has 0 N–H and O–H groups in total. The number of hydrogen-bond donors (Lipinski definition) is 0. The van der Waals surface area contributed by atoms with Gasteiger partial charge in [-0.15, -0.1) is 0 Å². The summed E-state index contributed by atoms with van der Waals surface area (Å²) in [4.78, 5) is 6.41. The molecule has 1 aromatic carbocycles. The summed E-state index contributed by atoms with van der Waals surface area (Å²) in [6.45, 7) is 7.31. The molecule has 136 valence electrons. The highest BCUT2D eigenvalue weighted by Crippen LogP contribution is 2.24. The zero-order chi connectivity index (χ0) is 18.3. The molecule has 0 unspecified atom stereocenters. The quantitative estimate of drug-likeness (QED) is 0.624. The molecule has 0 heterocycles. The Bertz CT molecular complexity index is 520. The van der Waals surface area contributed by atoms with Gasteiger partial charge in [0.25, 0.3) is 0 Å². The number of rotatable bonds is 8. The van der Waals surface area contributed by atoms with Crippen LogP contribution < -0.4 is 4.74 Å². The fourth-order valence-corrected chi connectivity index (χ4v) is 3.01. The van der Waals surface area contributed by atoms with Gasteiger partial charge in [0.15, 0.2) is 5.11 Å². The molecule has 0 aliphatic rings. The third-order valence-corrected chi connectivity index (χ3v) is 4.50. The Morgan fingerprint density at radius 2 is 1.62 bits per heavy atom. The number of likely N-dealkylation sites (N-methyl/N-ethyl adjacent to an activating group) is 2. The summed E-state index contributed by atoms with van der Waals surface area (Å²) in [5.41, 5.74) is 0. The van der Waals surface area contributed by atoms with Crippen LogP contribution in [0.3, 0.4) is 0 Å². The maximum absolute atomic E-state index is 5.99. The van der Waals surface area contributed by atoms with Gasteiger partial charge in [0.05, 0.1) is 6.54 Å². The van der Waals surface area contributed by atoms with Crippen LogP contribution in [0.1, 0.15) is 13.8 Å². The Hall–Kier alpha value is -0.750. The molecule has 0 aromatic heterocycles. The molecular weight excluding hydrogens is 365 g/mol. The van der Waals surface area contributed by atoms with E-state index < -0.39 is 0 Å². The van der Waals surface area contributed by atoms with Crippen LogP contribution in [-0.2, 0) is 0 Å². The summed E-state index contributed by atoms with van der Waals surface area (Å²) in [7, 11) is 6.14. The molecule has 0 amide bonds. The van der Waals surface area contributed by atoms with Crippen molar-refractivity contribution in [1.29, 1.82) is 0 Å². The Morgan fingerprint density at radius 1 is 1.04 bits per heavy atom. The van der Waals surface area contributed by atoms with Crippen LogP contribution in [0.2, 0.25) is 10.0 Å². The molecule has 0 saturated heterocycles. The van der Waals surface area contributed by atoms with E-state index >= 15 is 0 Å². The summed E-state index contributed by atoms with van der Waals surface area (Å²) in [5, 5.41) is 1.97. The maximum Gasteiger partial charge on any atom is 0.171 e. The smallest absolute Gasteiger partial charge is 0.171 e. The van der Waals surface area contributed by atoms with Gasteiger partial charge in [0, 0.05) is 36.2 Å². The van der Waals surface area contributed by atoms with Crippen molar-refractivity contribution in [2.45, 2.75) is 19.9 Å². The molecule has 0 fully saturated rings. The second-order valence-corrected chi connectivity index (χ2v) is 7.49. The van der Waals surface area contributed by atoms with E-state index in [9.17, 15) is 0 Å². The van der Waals surface area contributed by atoms with Crippen LogP contribution in [0.5, 0.6) is 5.75 Å². The summed E-state index contributed by atoms with van der Waals surface area (Å²) in [6.07, 6.45) is 0. The lowest BCUT2D eigenvalue weighted by Crippen LogP contribution is -2.47. The van der Waals surface area contributed by atoms with Gasteiger partial charge >= 0.3 is 0 Å². The van der Waals surface area contributed by atoms with Gasteiger partial charge in [-0.05, 0) is 58.4 Å². The minimum atomic E-state index is 0.297. The highest BCUT2D eigenvalue weighted by Gasteiger charge is 2.17. The third kappa shape index (κ3) is 7.43. The number of benzene rings is 1. The molecule has 1 aromatic rings. The van der Waals surface area contributed by atoms with Gasteiger partial charge in [-0.1, -0.05) is 23.2 Å². The minimum absolute atomic E-state index is 0.297. The Kier molecular flexibility index (Phi) is 9.13. The summed E-state index contributed by atoms with van der Waals surface area (Å²) in [5.74, 6) is 0.670. The zero-order valence-corrected chi connectivity index (χ0v) is 17.4. The lowest BCUT2D eigenvalue weighted by atomic mass is 10.3. The summed E-state index contributed by atoms with van der Waals surface area (Å²) < 4.78 is 5.78. The molecule has 4 nitrogen and oxygen atoms in total. The molecule has 7 heteroatoms. The molecule has 0 aliphatic carbocycles. The zero-order valence-electron chi connectivity index (χ0n) is 15.1. The van der Waals surface area contributed by atoms with Gasteiger partial charge in [0.1, 0.15) is 12.4 Å². The predicted molar refractivity (Wildman–Crippen MR) is 108 cm³/mol. The second-order valence-electron chi connectivity index (χ2n) is 6.25. The fourth-order valence-electron chi connectivity index (χ4n) is 2.11. The Morgan fingerprint density at radius 3 is 2.12 bits per heavy atom. The topological polar surface area (TPSA) is 19.0 Å². The van der Waals surface area contributed by atoms with Gasteiger partial charge < -0.3 is 19.4 Å². The van der Waals surface area contributed by atoms with Gasteiger partial charge in [-0.2, -0.15) is 0 Å². The molecule has 24 heavy (non-hydrogen) atoms. The average Bonchev–Trinajstić information content (AvgIpc) is 2.47. The number of nitrogens with zero attached hydrogens (tertiary/aromatic N) is 3. The van der Waals surface area contributed by atoms with Crippen LogP contribution in [0.4, 0.5) is 0 Å². The standard InChI is InChI=1S/C17H27Cl2N3OS/c1-13(2)22(17(24)21(5)7-6-20(3)4)8-9-23-16-11-14(18)10-15(19)12-16/h10-13H,6-9H2,1-5H3. The largest absolute Gasteiger partial charge is 0.492 e. The molecule has 0 atom stereocenters. The van der Waals surface area contributed by atoms with E-state index in [1.54, 1.807) is 18.2 Å². The van der Waals surface area contributed by atoms with E-state index in [1.165, 1.54) is 0 Å². The van der Waals surface area contributed by atoms with E-state index in [1.807, 2.05) is 7.05 Å². The summed E-state index contributed by atoms with van der Waals surface area (Å²) >= 11 is 17.6. The fraction of sp³-hybridized carbons (Fsp3) is 0.588. The van der Waals surface area contributed by atoms with Crippen molar-refractivity contribution in [3.05, 3.63) is 28.2 Å². The molecule has 0 saturated carbocycles. The lowest BCUT2D eigenvalue weighted by molar-refractivity contribution is 0.230. The highest BCUT2D eigenvalue weighted by atomic mass is 35.5. The first-order valence-electron chi connectivity index (χ1n) is 7.96. The number of halogens is 2. The first-order chi connectivity index (χ1) is 11.2. The van der Waals surface area contributed by atoms with E-state index in [-0.39, 0.29) is 0 Å². The van der Waals surface area contributed by atoms with Crippen molar-refractivity contribution in [3.8, 4) is 5.75 Å². The van der Waals surface area contributed by atoms with Crippen LogP contribution in [0.25, 0.3) is 0 Å². The van der Waals surface area contributed by atoms with E-state index in [0.29, 0.717) is 35.0 Å². The minimum Gasteiger partial charge on any atom is -0.492 e. The van der Waals surface area contributed by atoms with Crippen LogP contribution in [-0.4, -0.2) is 73.2 Å². The van der Waals surface area contributed by atoms with Crippen molar-refractivity contribution in [2.24, 2.45) is 0 Å². The third-order valence-electron chi connectivity index (χ3n) is 3.52. The predicted octanol–water partition coefficient (Wildman–Crippen LogP) is 3.86. The number of thiocarbonyl (C=S) groups is 1. The first-order valence-corrected chi connectivity index (χ1v) is 9.12. The van der Waals surface area contributed by atoms with Crippen LogP contribution in [0.15, 0.2) is 18.2 Å². The lowest BCUT2D eigenvalue weighted by Gasteiger charge is -2.34. The Labute approximate surface area is 161 Å². The molecule has 0 aliphatic heterocycles. The van der Waals surface area contributed by atoms with Gasteiger partial charge in [-0.25, -0.2) is 0 Å². The molecule has 1 rings (SSSR count). The van der Waals surface area contributed by atoms with Crippen molar-refractivity contribution in [1.82, 2.24) is 14.7 Å². The van der Waals surface area contributed by atoms with E-state index in [4.69, 9.17) is 40.2 Å². The highest BCUT2D eigenvalue weighted by molar-refractivity contribution is 7.80. The van der Waals surface area contributed by atoms with Crippen LogP contribution in [0, 0.1) is 0 Å². The van der Waals surface area contributed by atoms with Crippen molar-refractivity contribution < 1.29 is 4.74 Å². The van der Waals surface area contributed by atoms with Crippen LogP contribution >= 0.6 is 35.4 Å². The molecule has 0 radical (unpaired) electrons. The van der Waals surface area contributed by atoms with E-state index in [0.717, 1.165) is 18.2 Å². The first kappa shape index (κ1) is 21.3. The Balaban J connectivity index is 2.57. The average molecular weight is 392 g/mol. The summed E-state index contributed by atoms with van der Waals surface area (Å²) in [6, 6.07) is 5.50. The van der Waals surface area contributed by atoms with Crippen molar-refractivity contribution in [2.75, 3.05) is 47.4 Å². The van der Waals surface area contributed by atoms with Gasteiger partial charge in [-0.3, -0.25) is 0 Å². The normalized spacial score (nSPS) is 11.0. The van der Waals surface area contributed by atoms with Crippen molar-refractivity contribution in [3.63, 3.8) is 0 Å². The molecular formula is C17H27Cl2N3OS. The molecule has 0 bridgehead atoms. The number of ether oxygens (including phenoxy) is 1. The molecule has 0 spiro atoms. The second kappa shape index (κ2) is 10.3. The maximum atomic E-state index is 5.99. The number of hydrogen-bond acceptors (Lipinski definition) is 3.